The molecule has 0 saturated carbocycles. The summed E-state index contributed by atoms with van der Waals surface area (Å²) < 4.78 is 2.41. The standard InChI is InChI=1S/2C6H6.2C4H10N2.C4H5N.C3H5N.C3H6O.C2H5I.2C2H6.CH2I2.2CH4/c2*1-2-4-6-5-3-1;2*1-5-4-6(2)3;1-2-3-4-5;1-2-3-4;1-3(2)4;1-2-3;2*1-2;2-1-3;;/h2*1-6H;2*4H,1-3H3;2-3H,1H3;2H2,1H3;1-2H3;2H2,1H3;2*1-2H3;1H2;2*1H4. The minimum Gasteiger partial charge on any atom is -0.369 e. The summed E-state index contributed by atoms with van der Waals surface area (Å²) in [6.07, 6.45) is 7.25. The molecule has 0 atom stereocenters. The van der Waals surface area contributed by atoms with Gasteiger partial charge in [0.15, 0.2) is 0 Å². The average molecular weight is 1020 g/mol. The van der Waals surface area contributed by atoms with Gasteiger partial charge in [0.2, 0.25) is 0 Å². The van der Waals surface area contributed by atoms with Gasteiger partial charge in [-0.25, -0.2) is 0 Å². The van der Waals surface area contributed by atoms with Crippen LogP contribution in [0.25, 0.3) is 0 Å². The first-order valence-corrected chi connectivity index (χ1v) is 19.7. The van der Waals surface area contributed by atoms with E-state index in [-0.39, 0.29) is 20.6 Å². The lowest BCUT2D eigenvalue weighted by atomic mass is 10.4. The van der Waals surface area contributed by atoms with Crippen LogP contribution < -0.4 is 0 Å². The molecule has 7 nitrogen and oxygen atoms in total. The van der Waals surface area contributed by atoms with Gasteiger partial charge in [-0.15, -0.1) is 0 Å². The van der Waals surface area contributed by atoms with Crippen molar-refractivity contribution >= 4 is 86.2 Å². The van der Waals surface area contributed by atoms with Crippen molar-refractivity contribution in [3.05, 3.63) is 84.9 Å². The number of Topliss-reactive ketones (excluding diaryl/α,β-unsaturated/α-hetero) is 1. The normalized spacial score (nSPS) is 7.10. The van der Waals surface area contributed by atoms with E-state index in [2.05, 4.69) is 84.7 Å². The van der Waals surface area contributed by atoms with Crippen LogP contribution in [0.5, 0.6) is 0 Å². The molecule has 0 bridgehead atoms. The van der Waals surface area contributed by atoms with E-state index >= 15 is 0 Å². The zero-order valence-electron chi connectivity index (χ0n) is 32.1. The summed E-state index contributed by atoms with van der Waals surface area (Å²) in [6, 6.07) is 27.8. The summed E-state index contributed by atoms with van der Waals surface area (Å²) in [4.78, 5) is 20.7. The second-order valence-corrected chi connectivity index (χ2v) is 13.4. The summed E-state index contributed by atoms with van der Waals surface area (Å²) in [5.74, 6) is 0.167. The molecule has 0 N–H and O–H groups in total. The maximum atomic E-state index is 9.44. The van der Waals surface area contributed by atoms with Crippen molar-refractivity contribution in [2.45, 2.75) is 83.6 Å². The molecule has 0 aromatic heterocycles. The van der Waals surface area contributed by atoms with E-state index in [9.17, 15) is 4.79 Å². The van der Waals surface area contributed by atoms with Crippen molar-refractivity contribution in [1.29, 1.82) is 10.5 Å². The minimum atomic E-state index is 0. The zero-order chi connectivity index (χ0) is 39.0. The van der Waals surface area contributed by atoms with Crippen LogP contribution in [0, 0.1) is 22.7 Å². The molecule has 0 aliphatic rings. The number of hydrogen-bond donors (Lipinski definition) is 0. The highest BCUT2D eigenvalue weighted by Gasteiger charge is 1.68. The molecule has 49 heavy (non-hydrogen) atoms. The molecule has 0 fully saturated rings. The van der Waals surface area contributed by atoms with Gasteiger partial charge < -0.3 is 14.6 Å². The van der Waals surface area contributed by atoms with Crippen LogP contribution in [-0.2, 0) is 4.79 Å². The lowest BCUT2D eigenvalue weighted by Gasteiger charge is -1.98. The molecule has 0 aliphatic heterocycles. The number of rotatable bonds is 2. The highest BCUT2D eigenvalue weighted by molar-refractivity contribution is 14.2. The van der Waals surface area contributed by atoms with E-state index in [0.29, 0.717) is 6.42 Å². The minimum absolute atomic E-state index is 0. The molecule has 0 unspecified atom stereocenters. The van der Waals surface area contributed by atoms with Crippen LogP contribution in [0.15, 0.2) is 94.9 Å². The number of hydrogen-bond acceptors (Lipinski definition) is 5. The number of aliphatic imine (C=N–C) groups is 2. The molecule has 10 heteroatoms. The van der Waals surface area contributed by atoms with Gasteiger partial charge in [-0.2, -0.15) is 10.5 Å². The fourth-order valence-corrected chi connectivity index (χ4v) is 1.31. The zero-order valence-corrected chi connectivity index (χ0v) is 38.6. The smallest absolute Gasteiger partial charge is 0.126 e. The van der Waals surface area contributed by atoms with Gasteiger partial charge in [0.1, 0.15) is 5.78 Å². The Morgan fingerprint density at radius 1 is 0.673 bits per heavy atom. The monoisotopic (exact) mass is 1020 g/mol. The first kappa shape index (κ1) is 76.7. The Bertz CT molecular complexity index is 761. The topological polar surface area (TPSA) is 95.8 Å². The van der Waals surface area contributed by atoms with Crippen LogP contribution in [0.1, 0.15) is 83.6 Å². The first-order chi connectivity index (χ1) is 22.4. The van der Waals surface area contributed by atoms with Crippen LogP contribution in [0.4, 0.5) is 0 Å². The summed E-state index contributed by atoms with van der Waals surface area (Å²) >= 11 is 6.84. The molecular formula is C39H75I3N6O. The van der Waals surface area contributed by atoms with Crippen LogP contribution >= 0.6 is 67.8 Å². The Kier molecular flexibility index (Phi) is 162. The van der Waals surface area contributed by atoms with E-state index < -0.39 is 0 Å². The number of carbonyl (C=O) groups excluding carboxylic acids is 1. The number of benzene rings is 2. The Balaban J connectivity index is -0.0000000365. The second kappa shape index (κ2) is 104. The Morgan fingerprint density at radius 2 is 0.837 bits per heavy atom. The largest absolute Gasteiger partial charge is 0.369 e. The second-order valence-electron chi connectivity index (χ2n) is 7.40. The molecule has 0 heterocycles. The van der Waals surface area contributed by atoms with Crippen molar-refractivity contribution in [3.8, 4) is 12.1 Å². The van der Waals surface area contributed by atoms with E-state index in [0.717, 1.165) is 0 Å². The van der Waals surface area contributed by atoms with Crippen LogP contribution in [0.3, 0.4) is 0 Å². The van der Waals surface area contributed by atoms with Gasteiger partial charge in [0.25, 0.3) is 0 Å². The van der Waals surface area contributed by atoms with Gasteiger partial charge in [0, 0.05) is 54.8 Å². The van der Waals surface area contributed by atoms with E-state index in [1.54, 1.807) is 32.8 Å². The lowest BCUT2D eigenvalue weighted by molar-refractivity contribution is -0.115. The van der Waals surface area contributed by atoms with Gasteiger partial charge in [0.05, 0.1) is 27.2 Å². The molecule has 2 rings (SSSR count). The van der Waals surface area contributed by atoms with Gasteiger partial charge in [-0.1, -0.05) is 203 Å². The Labute approximate surface area is 348 Å². The van der Waals surface area contributed by atoms with Crippen molar-refractivity contribution in [1.82, 2.24) is 9.80 Å². The van der Waals surface area contributed by atoms with Crippen molar-refractivity contribution in [2.24, 2.45) is 9.98 Å². The SMILES string of the molecule is C.C.CC.CC.CC(C)=O.CC=CC#N.CCC#N.CCI.CN=CN(C)C.CN=CN(C)C.ICI.c1ccccc1.c1ccccc1. The predicted molar refractivity (Wildman–Crippen MR) is 255 cm³/mol. The highest BCUT2D eigenvalue weighted by Crippen LogP contribution is 1.86. The third kappa shape index (κ3) is 247. The molecular weight excluding hydrogens is 949 g/mol. The third-order valence-corrected chi connectivity index (χ3v) is 2.43. The highest BCUT2D eigenvalue weighted by atomic mass is 127. The number of alkyl halides is 3. The van der Waals surface area contributed by atoms with Gasteiger partial charge in [-0.05, 0) is 25.2 Å². The number of carbonyl (C=O) groups is 1. The fraction of sp³-hybridized carbons (Fsp3) is 0.513. The Morgan fingerprint density at radius 3 is 0.857 bits per heavy atom. The first-order valence-electron chi connectivity index (χ1n) is 15.1. The van der Waals surface area contributed by atoms with E-state index in [1.165, 1.54) is 26.8 Å². The molecule has 2 aromatic rings. The maximum Gasteiger partial charge on any atom is 0.126 e. The molecule has 0 saturated heterocycles. The number of nitrogens with zero attached hydrogens (tertiary/aromatic N) is 6. The van der Waals surface area contributed by atoms with Crippen molar-refractivity contribution in [3.63, 3.8) is 0 Å². The van der Waals surface area contributed by atoms with Crippen molar-refractivity contribution in [2.75, 3.05) is 49.1 Å². The summed E-state index contributed by atoms with van der Waals surface area (Å²) in [7, 11) is 11.2. The summed E-state index contributed by atoms with van der Waals surface area (Å²) in [5, 5.41) is 15.4. The predicted octanol–water partition coefficient (Wildman–Crippen LogP) is 13.0. The van der Waals surface area contributed by atoms with Gasteiger partial charge >= 0.3 is 0 Å². The molecule has 288 valence electrons. The summed E-state index contributed by atoms with van der Waals surface area (Å²) in [6.45, 7) is 16.8. The number of allylic oxidation sites excluding steroid dienone is 2. The third-order valence-electron chi connectivity index (χ3n) is 2.43. The summed E-state index contributed by atoms with van der Waals surface area (Å²) in [5.41, 5.74) is 0. The molecule has 0 aliphatic carbocycles. The average Bonchev–Trinajstić information content (AvgIpc) is 3.07. The molecule has 0 radical (unpaired) electrons. The number of halogens is 3. The van der Waals surface area contributed by atoms with E-state index in [1.807, 2.05) is 164 Å². The van der Waals surface area contributed by atoms with E-state index in [4.69, 9.17) is 10.5 Å². The lowest BCUT2D eigenvalue weighted by Crippen LogP contribution is -2.06. The molecule has 0 spiro atoms. The fourth-order valence-electron chi connectivity index (χ4n) is 1.31. The quantitative estimate of drug-likeness (QED) is 0.0982. The Hall–Kier alpha value is -2.04. The number of nitriles is 2. The van der Waals surface area contributed by atoms with Crippen LogP contribution in [0.2, 0.25) is 0 Å². The van der Waals surface area contributed by atoms with Gasteiger partial charge in [-0.3, -0.25) is 9.98 Å². The molecule has 2 aromatic carbocycles. The van der Waals surface area contributed by atoms with Crippen molar-refractivity contribution < 1.29 is 4.79 Å². The maximum absolute atomic E-state index is 9.44. The number of ketones is 1. The van der Waals surface area contributed by atoms with Crippen LogP contribution in [-0.4, -0.2) is 77.4 Å². The molecule has 0 amide bonds.